The van der Waals surface area contributed by atoms with Crippen molar-refractivity contribution in [1.29, 1.82) is 0 Å². The lowest BCUT2D eigenvalue weighted by molar-refractivity contribution is -0.384. The number of carbonyl (C=O) groups is 4. The van der Waals surface area contributed by atoms with Crippen molar-refractivity contribution in [3.63, 3.8) is 0 Å². The quantitative estimate of drug-likeness (QED) is 0.135. The molecule has 0 aliphatic carbocycles. The van der Waals surface area contributed by atoms with Gasteiger partial charge in [-0.25, -0.2) is 4.79 Å². The number of anilines is 1. The number of carbonyl (C=O) groups excluding carboxylic acids is 4. The van der Waals surface area contributed by atoms with E-state index in [2.05, 4.69) is 0 Å². The maximum absolute atomic E-state index is 12.6. The Kier molecular flexibility index (Phi) is 7.58. The lowest BCUT2D eigenvalue weighted by atomic mass is 10.1. The standard InChI is InChI=1S/C25H20N2O9S/c1-34-21-12-17(27(32)33)6-9-19(21)26-13-16(11-23(26)29)24(30)35-14-20(28)15-4-7-18(8-5-15)36-25(31)22-3-2-10-37-22/h2-10,12,16H,11,13-14H2,1H3/t16-/m0/s1. The second-order valence-electron chi connectivity index (χ2n) is 7.94. The summed E-state index contributed by atoms with van der Waals surface area (Å²) in [5.41, 5.74) is 0.350. The molecule has 3 aromatic rings. The minimum absolute atomic E-state index is 0.0235. The smallest absolute Gasteiger partial charge is 0.353 e. The summed E-state index contributed by atoms with van der Waals surface area (Å²) in [6.07, 6.45) is -0.141. The van der Waals surface area contributed by atoms with E-state index in [1.54, 1.807) is 17.5 Å². The summed E-state index contributed by atoms with van der Waals surface area (Å²) >= 11 is 1.25. The molecule has 11 nitrogen and oxygen atoms in total. The molecule has 190 valence electrons. The van der Waals surface area contributed by atoms with Gasteiger partial charge in [-0.05, 0) is 41.8 Å². The minimum atomic E-state index is -0.820. The van der Waals surface area contributed by atoms with Crippen LogP contribution in [0.15, 0.2) is 60.0 Å². The Balaban J connectivity index is 1.32. The minimum Gasteiger partial charge on any atom is -0.494 e. The lowest BCUT2D eigenvalue weighted by Gasteiger charge is -2.19. The fraction of sp³-hybridized carbons (Fsp3) is 0.200. The second-order valence-corrected chi connectivity index (χ2v) is 8.89. The number of ether oxygens (including phenoxy) is 3. The lowest BCUT2D eigenvalue weighted by Crippen LogP contribution is -2.27. The molecule has 1 amide bonds. The number of nitro benzene ring substituents is 1. The van der Waals surface area contributed by atoms with Gasteiger partial charge in [0.05, 0.1) is 29.7 Å². The van der Waals surface area contributed by atoms with Crippen molar-refractivity contribution in [2.24, 2.45) is 5.92 Å². The van der Waals surface area contributed by atoms with Crippen molar-refractivity contribution in [3.05, 3.63) is 80.5 Å². The Bertz CT molecular complexity index is 1350. The molecule has 2 heterocycles. The highest BCUT2D eigenvalue weighted by Gasteiger charge is 2.37. The van der Waals surface area contributed by atoms with Crippen molar-refractivity contribution in [2.75, 3.05) is 25.2 Å². The Morgan fingerprint density at radius 1 is 1.14 bits per heavy atom. The number of hydrogen-bond donors (Lipinski definition) is 0. The van der Waals surface area contributed by atoms with E-state index in [-0.39, 0.29) is 41.6 Å². The number of amides is 1. The van der Waals surface area contributed by atoms with Crippen LogP contribution in [0.2, 0.25) is 0 Å². The first-order valence-corrected chi connectivity index (χ1v) is 11.8. The van der Waals surface area contributed by atoms with Crippen molar-refractivity contribution in [3.8, 4) is 11.5 Å². The predicted molar refractivity (Wildman–Crippen MR) is 131 cm³/mol. The van der Waals surface area contributed by atoms with Gasteiger partial charge in [0.15, 0.2) is 12.4 Å². The fourth-order valence-corrected chi connectivity index (χ4v) is 4.30. The zero-order valence-electron chi connectivity index (χ0n) is 19.4. The van der Waals surface area contributed by atoms with Crippen LogP contribution in [0.3, 0.4) is 0 Å². The number of nitrogens with zero attached hydrogens (tertiary/aromatic N) is 2. The number of thiophene rings is 1. The van der Waals surface area contributed by atoms with E-state index < -0.39 is 35.2 Å². The van der Waals surface area contributed by atoms with Crippen LogP contribution in [0, 0.1) is 16.0 Å². The summed E-state index contributed by atoms with van der Waals surface area (Å²) in [7, 11) is 1.32. The molecule has 2 aromatic carbocycles. The molecule has 0 bridgehead atoms. The van der Waals surface area contributed by atoms with Crippen molar-refractivity contribution >= 4 is 46.3 Å². The summed E-state index contributed by atoms with van der Waals surface area (Å²) in [6, 6.07) is 13.0. The number of methoxy groups -OCH3 is 1. The van der Waals surface area contributed by atoms with Gasteiger partial charge in [-0.3, -0.25) is 24.5 Å². The molecule has 0 radical (unpaired) electrons. The molecule has 1 aliphatic rings. The number of rotatable bonds is 9. The largest absolute Gasteiger partial charge is 0.494 e. The van der Waals surface area contributed by atoms with E-state index in [1.165, 1.54) is 65.8 Å². The molecular formula is C25H20N2O9S. The number of esters is 2. The first-order valence-electron chi connectivity index (χ1n) is 10.9. The summed E-state index contributed by atoms with van der Waals surface area (Å²) in [6.45, 7) is -0.553. The Labute approximate surface area is 214 Å². The molecule has 0 spiro atoms. The van der Waals surface area contributed by atoms with Gasteiger partial charge in [0, 0.05) is 24.6 Å². The molecule has 1 saturated heterocycles. The van der Waals surface area contributed by atoms with E-state index in [4.69, 9.17) is 14.2 Å². The monoisotopic (exact) mass is 524 g/mol. The Morgan fingerprint density at radius 3 is 2.54 bits per heavy atom. The van der Waals surface area contributed by atoms with Crippen LogP contribution in [-0.4, -0.2) is 48.8 Å². The number of Topliss-reactive ketones (excluding diaryl/α,β-unsaturated/α-hetero) is 1. The Morgan fingerprint density at radius 2 is 1.89 bits per heavy atom. The summed E-state index contributed by atoms with van der Waals surface area (Å²) in [4.78, 5) is 61.8. The van der Waals surface area contributed by atoms with E-state index in [1.807, 2.05) is 0 Å². The van der Waals surface area contributed by atoms with Crippen LogP contribution < -0.4 is 14.4 Å². The van der Waals surface area contributed by atoms with Gasteiger partial charge in [-0.1, -0.05) is 6.07 Å². The molecule has 1 atom stereocenters. The van der Waals surface area contributed by atoms with Crippen molar-refractivity contribution in [1.82, 2.24) is 0 Å². The second kappa shape index (κ2) is 11.0. The SMILES string of the molecule is COc1cc([N+](=O)[O-])ccc1N1C[C@@H](C(=O)OCC(=O)c2ccc(OC(=O)c3cccs3)cc2)CC1=O. The average molecular weight is 525 g/mol. The Hall–Kier alpha value is -4.58. The number of benzene rings is 2. The third-order valence-electron chi connectivity index (χ3n) is 5.58. The van der Waals surface area contributed by atoms with Crippen LogP contribution in [0.4, 0.5) is 11.4 Å². The van der Waals surface area contributed by atoms with Gasteiger partial charge < -0.3 is 19.1 Å². The van der Waals surface area contributed by atoms with Gasteiger partial charge in [0.1, 0.15) is 16.4 Å². The normalized spacial score (nSPS) is 14.8. The van der Waals surface area contributed by atoms with Crippen molar-refractivity contribution in [2.45, 2.75) is 6.42 Å². The maximum Gasteiger partial charge on any atom is 0.353 e. The van der Waals surface area contributed by atoms with E-state index >= 15 is 0 Å². The van der Waals surface area contributed by atoms with E-state index in [0.717, 1.165) is 0 Å². The third kappa shape index (κ3) is 5.81. The molecule has 37 heavy (non-hydrogen) atoms. The highest BCUT2D eigenvalue weighted by atomic mass is 32.1. The molecular weight excluding hydrogens is 504 g/mol. The zero-order valence-corrected chi connectivity index (χ0v) is 20.3. The topological polar surface area (TPSA) is 142 Å². The molecule has 12 heteroatoms. The number of ketones is 1. The number of hydrogen-bond acceptors (Lipinski definition) is 10. The first kappa shape index (κ1) is 25.5. The van der Waals surface area contributed by atoms with Gasteiger partial charge in [0.2, 0.25) is 5.91 Å². The average Bonchev–Trinajstić information content (AvgIpc) is 3.57. The summed E-state index contributed by atoms with van der Waals surface area (Å²) < 4.78 is 15.6. The van der Waals surface area contributed by atoms with Crippen LogP contribution in [-0.2, 0) is 14.3 Å². The van der Waals surface area contributed by atoms with Crippen molar-refractivity contribution < 1.29 is 38.3 Å². The third-order valence-corrected chi connectivity index (χ3v) is 6.43. The maximum atomic E-state index is 12.6. The number of nitro groups is 1. The zero-order chi connectivity index (χ0) is 26.5. The van der Waals surface area contributed by atoms with Crippen LogP contribution in [0.25, 0.3) is 0 Å². The molecule has 4 rings (SSSR count). The fourth-order valence-electron chi connectivity index (χ4n) is 3.70. The van der Waals surface area contributed by atoms with Gasteiger partial charge in [0.25, 0.3) is 5.69 Å². The molecule has 0 unspecified atom stereocenters. The van der Waals surface area contributed by atoms with Crippen LogP contribution >= 0.6 is 11.3 Å². The van der Waals surface area contributed by atoms with Gasteiger partial charge >= 0.3 is 11.9 Å². The summed E-state index contributed by atoms with van der Waals surface area (Å²) in [5.74, 6) is -2.51. The molecule has 0 N–H and O–H groups in total. The van der Waals surface area contributed by atoms with E-state index in [0.29, 0.717) is 10.6 Å². The van der Waals surface area contributed by atoms with Gasteiger partial charge in [-0.15, -0.1) is 11.3 Å². The highest BCUT2D eigenvalue weighted by Crippen LogP contribution is 2.36. The molecule has 0 saturated carbocycles. The molecule has 1 aromatic heterocycles. The number of non-ortho nitro benzene ring substituents is 1. The first-order chi connectivity index (χ1) is 17.8. The molecule has 1 fully saturated rings. The highest BCUT2D eigenvalue weighted by molar-refractivity contribution is 7.12. The predicted octanol–water partition coefficient (Wildman–Crippen LogP) is 3.66. The summed E-state index contributed by atoms with van der Waals surface area (Å²) in [5, 5.41) is 12.8. The van der Waals surface area contributed by atoms with E-state index in [9.17, 15) is 29.3 Å². The molecule has 1 aliphatic heterocycles. The van der Waals surface area contributed by atoms with Gasteiger partial charge in [-0.2, -0.15) is 0 Å². The van der Waals surface area contributed by atoms with Crippen LogP contribution in [0.1, 0.15) is 26.5 Å². The van der Waals surface area contributed by atoms with Crippen LogP contribution in [0.5, 0.6) is 11.5 Å².